The van der Waals surface area contributed by atoms with Gasteiger partial charge in [-0.15, -0.1) is 0 Å². The first-order chi connectivity index (χ1) is 12.6. The van der Waals surface area contributed by atoms with Crippen LogP contribution in [-0.2, 0) is 6.18 Å². The predicted octanol–water partition coefficient (Wildman–Crippen LogP) is 4.15. The van der Waals surface area contributed by atoms with Gasteiger partial charge in [0.1, 0.15) is 0 Å². The zero-order valence-electron chi connectivity index (χ0n) is 13.5. The largest absolute Gasteiger partial charge is 0.454 e. The molecule has 2 N–H and O–H groups in total. The number of alkyl halides is 6. The van der Waals surface area contributed by atoms with Gasteiger partial charge in [0.05, 0.1) is 5.56 Å². The Balaban J connectivity index is 1.82. The Morgan fingerprint density at radius 1 is 1.00 bits per heavy atom. The number of nitrogens with zero attached hydrogens (tertiary/aromatic N) is 3. The molecule has 0 amide bonds. The fourth-order valence-electron chi connectivity index (χ4n) is 2.00. The summed E-state index contributed by atoms with van der Waals surface area (Å²) >= 11 is 0. The topological polar surface area (TPSA) is 72.0 Å². The van der Waals surface area contributed by atoms with Crippen molar-refractivity contribution in [2.45, 2.75) is 31.2 Å². The molecule has 0 radical (unpaired) electrons. The number of anilines is 3. The van der Waals surface area contributed by atoms with Crippen LogP contribution < -0.4 is 15.4 Å². The van der Waals surface area contributed by atoms with E-state index in [4.69, 9.17) is 0 Å². The number of rotatable bonds is 6. The molecule has 1 fully saturated rings. The Kier molecular flexibility index (Phi) is 4.98. The Bertz CT molecular complexity index is 806. The van der Waals surface area contributed by atoms with Crippen LogP contribution in [0, 0.1) is 0 Å². The molecule has 1 heterocycles. The maximum atomic E-state index is 12.8. The Morgan fingerprint density at radius 3 is 2.33 bits per heavy atom. The van der Waals surface area contributed by atoms with E-state index in [9.17, 15) is 26.3 Å². The van der Waals surface area contributed by atoms with E-state index in [1.807, 2.05) is 0 Å². The van der Waals surface area contributed by atoms with Gasteiger partial charge in [0, 0.05) is 11.7 Å². The van der Waals surface area contributed by atoms with Crippen LogP contribution in [0.2, 0.25) is 0 Å². The minimum atomic E-state index is -4.59. The molecular weight excluding hydrogens is 380 g/mol. The molecule has 0 aliphatic heterocycles. The summed E-state index contributed by atoms with van der Waals surface area (Å²) in [5.41, 5.74) is -0.887. The Labute approximate surface area is 149 Å². The van der Waals surface area contributed by atoms with Gasteiger partial charge in [0.25, 0.3) is 0 Å². The lowest BCUT2D eigenvalue weighted by atomic mass is 10.2. The Morgan fingerprint density at radius 2 is 1.70 bits per heavy atom. The van der Waals surface area contributed by atoms with Crippen LogP contribution in [0.15, 0.2) is 24.3 Å². The molecule has 2 aromatic rings. The van der Waals surface area contributed by atoms with Crippen molar-refractivity contribution in [3.8, 4) is 6.01 Å². The fourth-order valence-corrected chi connectivity index (χ4v) is 2.00. The molecule has 1 aromatic carbocycles. The minimum absolute atomic E-state index is 0.00942. The van der Waals surface area contributed by atoms with E-state index in [-0.39, 0.29) is 23.6 Å². The van der Waals surface area contributed by atoms with Gasteiger partial charge in [-0.05, 0) is 31.0 Å². The molecule has 1 saturated carbocycles. The summed E-state index contributed by atoms with van der Waals surface area (Å²) in [6, 6.07) is 3.72. The third-order valence-electron chi connectivity index (χ3n) is 3.34. The minimum Gasteiger partial charge on any atom is -0.454 e. The van der Waals surface area contributed by atoms with Gasteiger partial charge < -0.3 is 15.4 Å². The molecule has 12 heteroatoms. The van der Waals surface area contributed by atoms with Crippen LogP contribution in [0.4, 0.5) is 43.9 Å². The highest BCUT2D eigenvalue weighted by Crippen LogP contribution is 2.31. The van der Waals surface area contributed by atoms with Crippen LogP contribution >= 0.6 is 0 Å². The summed E-state index contributed by atoms with van der Waals surface area (Å²) < 4.78 is 79.9. The summed E-state index contributed by atoms with van der Waals surface area (Å²) in [7, 11) is 0. The van der Waals surface area contributed by atoms with Gasteiger partial charge in [0.2, 0.25) is 11.9 Å². The molecule has 0 unspecified atom stereocenters. The first kappa shape index (κ1) is 19.0. The molecule has 0 bridgehead atoms. The Hall–Kier alpha value is -2.79. The summed E-state index contributed by atoms with van der Waals surface area (Å²) in [5, 5.41) is 5.40. The third kappa shape index (κ3) is 5.86. The second kappa shape index (κ2) is 7.08. The highest BCUT2D eigenvalue weighted by Gasteiger charge is 2.31. The molecule has 1 aliphatic carbocycles. The molecular formula is C15H13F6N5O. The lowest BCUT2D eigenvalue weighted by Crippen LogP contribution is -2.21. The maximum absolute atomic E-state index is 12.8. The van der Waals surface area contributed by atoms with Crippen molar-refractivity contribution in [1.82, 2.24) is 15.0 Å². The predicted molar refractivity (Wildman–Crippen MR) is 82.7 cm³/mol. The second-order valence-electron chi connectivity index (χ2n) is 5.79. The fraction of sp³-hybridized carbons (Fsp3) is 0.400. The molecule has 146 valence electrons. The summed E-state index contributed by atoms with van der Waals surface area (Å²) in [5.74, 6) is -0.274. The summed E-state index contributed by atoms with van der Waals surface area (Å²) in [4.78, 5) is 11.4. The highest BCUT2D eigenvalue weighted by atomic mass is 19.4. The van der Waals surface area contributed by atoms with Crippen molar-refractivity contribution in [2.75, 3.05) is 17.2 Å². The molecule has 27 heavy (non-hydrogen) atoms. The number of benzene rings is 1. The molecule has 1 aromatic heterocycles. The zero-order chi connectivity index (χ0) is 19.7. The van der Waals surface area contributed by atoms with Crippen molar-refractivity contribution in [2.24, 2.45) is 0 Å². The molecule has 0 spiro atoms. The molecule has 6 nitrogen and oxygen atoms in total. The van der Waals surface area contributed by atoms with E-state index in [1.54, 1.807) is 0 Å². The van der Waals surface area contributed by atoms with Crippen LogP contribution in [0.5, 0.6) is 6.01 Å². The van der Waals surface area contributed by atoms with Crippen LogP contribution in [0.25, 0.3) is 0 Å². The van der Waals surface area contributed by atoms with Gasteiger partial charge in [-0.3, -0.25) is 0 Å². The van der Waals surface area contributed by atoms with E-state index >= 15 is 0 Å². The van der Waals surface area contributed by atoms with Gasteiger partial charge in [0.15, 0.2) is 6.61 Å². The molecule has 3 rings (SSSR count). The van der Waals surface area contributed by atoms with Crippen molar-refractivity contribution < 1.29 is 31.1 Å². The van der Waals surface area contributed by atoms with Crippen LogP contribution in [0.1, 0.15) is 18.4 Å². The van der Waals surface area contributed by atoms with E-state index in [2.05, 4.69) is 30.3 Å². The maximum Gasteiger partial charge on any atom is 0.422 e. The number of halogens is 6. The van der Waals surface area contributed by atoms with Gasteiger partial charge in [-0.2, -0.15) is 41.3 Å². The lowest BCUT2D eigenvalue weighted by molar-refractivity contribution is -0.154. The van der Waals surface area contributed by atoms with E-state index < -0.39 is 30.5 Å². The van der Waals surface area contributed by atoms with Gasteiger partial charge in [-0.25, -0.2) is 0 Å². The average molecular weight is 393 g/mol. The van der Waals surface area contributed by atoms with Crippen molar-refractivity contribution >= 4 is 17.6 Å². The normalized spacial score (nSPS) is 14.7. The van der Waals surface area contributed by atoms with Gasteiger partial charge in [-0.1, -0.05) is 6.07 Å². The number of aromatic nitrogens is 3. The number of nitrogens with one attached hydrogen (secondary N) is 2. The van der Waals surface area contributed by atoms with Crippen molar-refractivity contribution in [3.63, 3.8) is 0 Å². The quantitative estimate of drug-likeness (QED) is 0.719. The smallest absolute Gasteiger partial charge is 0.422 e. The highest BCUT2D eigenvalue weighted by molar-refractivity contribution is 5.56. The van der Waals surface area contributed by atoms with E-state index in [0.29, 0.717) is 0 Å². The summed E-state index contributed by atoms with van der Waals surface area (Å²) in [6.45, 7) is -1.61. The van der Waals surface area contributed by atoms with Gasteiger partial charge >= 0.3 is 18.4 Å². The standard InChI is InChI=1S/C15H13F6N5O/c16-14(17,18)7-27-13-25-11(22-9-4-5-9)24-12(26-13)23-10-3-1-2-8(6-10)15(19,20)21/h1-3,6,9H,4-5,7H2,(H2,22,23,24,25,26). The third-order valence-corrected chi connectivity index (χ3v) is 3.34. The average Bonchev–Trinajstić information content (AvgIpc) is 3.35. The summed E-state index contributed by atoms with van der Waals surface area (Å²) in [6.07, 6.45) is -7.44. The first-order valence-corrected chi connectivity index (χ1v) is 7.75. The monoisotopic (exact) mass is 393 g/mol. The van der Waals surface area contributed by atoms with E-state index in [0.717, 1.165) is 25.0 Å². The number of hydrogen-bond donors (Lipinski definition) is 2. The molecule has 0 saturated heterocycles. The molecule has 1 aliphatic rings. The second-order valence-corrected chi connectivity index (χ2v) is 5.79. The molecule has 0 atom stereocenters. The first-order valence-electron chi connectivity index (χ1n) is 7.75. The van der Waals surface area contributed by atoms with E-state index in [1.165, 1.54) is 12.1 Å². The zero-order valence-corrected chi connectivity index (χ0v) is 13.5. The van der Waals surface area contributed by atoms with Crippen molar-refractivity contribution in [1.29, 1.82) is 0 Å². The SMILES string of the molecule is FC(F)(F)COc1nc(Nc2cccc(C(F)(F)F)c2)nc(NC2CC2)n1. The van der Waals surface area contributed by atoms with Crippen LogP contribution in [0.3, 0.4) is 0 Å². The van der Waals surface area contributed by atoms with Crippen molar-refractivity contribution in [3.05, 3.63) is 29.8 Å². The number of ether oxygens (including phenoxy) is 1. The van der Waals surface area contributed by atoms with Crippen LogP contribution in [-0.4, -0.2) is 33.8 Å². The lowest BCUT2D eigenvalue weighted by Gasteiger charge is -2.12. The number of hydrogen-bond acceptors (Lipinski definition) is 6.